The lowest BCUT2D eigenvalue weighted by Crippen LogP contribution is -2.00. The maximum absolute atomic E-state index is 12.1. The maximum Gasteiger partial charge on any atom is 0.352 e. The fourth-order valence-corrected chi connectivity index (χ4v) is 2.66. The minimum atomic E-state index is -3.65. The number of carbonyl (C=O) groups is 1. The molecule has 2 aromatic rings. The third-order valence-electron chi connectivity index (χ3n) is 2.25. The van der Waals surface area contributed by atoms with Gasteiger partial charge in [0.1, 0.15) is 5.69 Å². The van der Waals surface area contributed by atoms with Crippen molar-refractivity contribution in [2.45, 2.75) is 9.79 Å². The first kappa shape index (κ1) is 11.4. The van der Waals surface area contributed by atoms with E-state index >= 15 is 0 Å². The Labute approximate surface area is 97.6 Å². The summed E-state index contributed by atoms with van der Waals surface area (Å²) in [6, 6.07) is 8.95. The molecule has 0 atom stereocenters. The van der Waals surface area contributed by atoms with Gasteiger partial charge in [-0.2, -0.15) is 0 Å². The van der Waals surface area contributed by atoms with Crippen LogP contribution in [0.4, 0.5) is 0 Å². The molecule has 6 heteroatoms. The zero-order chi connectivity index (χ0) is 12.5. The van der Waals surface area contributed by atoms with Crippen LogP contribution in [-0.4, -0.2) is 24.5 Å². The summed E-state index contributed by atoms with van der Waals surface area (Å²) in [4.78, 5) is 13.1. The van der Waals surface area contributed by atoms with Crippen molar-refractivity contribution >= 4 is 15.8 Å². The second-order valence-corrected chi connectivity index (χ2v) is 5.32. The summed E-state index contributed by atoms with van der Waals surface area (Å²) < 4.78 is 24.1. The van der Waals surface area contributed by atoms with Gasteiger partial charge in [0.15, 0.2) is 0 Å². The number of carboxylic acids is 1. The summed E-state index contributed by atoms with van der Waals surface area (Å²) in [5.41, 5.74) is -0.153. The number of H-pyrrole nitrogens is 1. The summed E-state index contributed by atoms with van der Waals surface area (Å²) >= 11 is 0. The van der Waals surface area contributed by atoms with Gasteiger partial charge in [0.2, 0.25) is 9.84 Å². The Morgan fingerprint density at radius 1 is 1.12 bits per heavy atom. The highest BCUT2D eigenvalue weighted by atomic mass is 32.2. The average Bonchev–Trinajstić information content (AvgIpc) is 2.80. The molecule has 88 valence electrons. The maximum atomic E-state index is 12.1. The molecule has 0 amide bonds. The molecule has 0 unspecified atom stereocenters. The summed E-state index contributed by atoms with van der Waals surface area (Å²) in [7, 11) is -3.65. The number of aromatic nitrogens is 1. The predicted octanol–water partition coefficient (Wildman–Crippen LogP) is 1.55. The first-order valence-electron chi connectivity index (χ1n) is 4.73. The van der Waals surface area contributed by atoms with Crippen LogP contribution in [0.15, 0.2) is 52.4 Å². The van der Waals surface area contributed by atoms with Gasteiger partial charge in [-0.25, -0.2) is 13.2 Å². The molecule has 1 aromatic heterocycles. The predicted molar refractivity (Wildman–Crippen MR) is 59.6 cm³/mol. The van der Waals surface area contributed by atoms with Gasteiger partial charge >= 0.3 is 5.97 Å². The van der Waals surface area contributed by atoms with E-state index in [-0.39, 0.29) is 15.5 Å². The standard InChI is InChI=1S/C11H9NO4S/c13-11(14)10-6-9(7-12-10)17(15,16)8-4-2-1-3-5-8/h1-7,12H,(H,13,14). The molecule has 1 heterocycles. The van der Waals surface area contributed by atoms with Gasteiger partial charge in [-0.05, 0) is 18.2 Å². The van der Waals surface area contributed by atoms with Gasteiger partial charge in [-0.3, -0.25) is 0 Å². The van der Waals surface area contributed by atoms with Crippen LogP contribution in [0.3, 0.4) is 0 Å². The Hall–Kier alpha value is -2.08. The highest BCUT2D eigenvalue weighted by Gasteiger charge is 2.20. The quantitative estimate of drug-likeness (QED) is 0.866. The van der Waals surface area contributed by atoms with Crippen LogP contribution in [0.25, 0.3) is 0 Å². The van der Waals surface area contributed by atoms with Gasteiger partial charge < -0.3 is 10.1 Å². The number of sulfone groups is 1. The topological polar surface area (TPSA) is 87.2 Å². The molecule has 0 aliphatic heterocycles. The Balaban J connectivity index is 2.49. The molecule has 0 spiro atoms. The molecular formula is C11H9NO4S. The minimum Gasteiger partial charge on any atom is -0.477 e. The van der Waals surface area contributed by atoms with Crippen LogP contribution in [0.2, 0.25) is 0 Å². The fourth-order valence-electron chi connectivity index (χ4n) is 1.39. The molecule has 0 saturated carbocycles. The zero-order valence-corrected chi connectivity index (χ0v) is 9.44. The van der Waals surface area contributed by atoms with Gasteiger partial charge in [0.05, 0.1) is 9.79 Å². The number of nitrogens with one attached hydrogen (secondary N) is 1. The smallest absolute Gasteiger partial charge is 0.352 e. The number of rotatable bonds is 3. The van der Waals surface area contributed by atoms with Crippen molar-refractivity contribution in [2.24, 2.45) is 0 Å². The largest absolute Gasteiger partial charge is 0.477 e. The van der Waals surface area contributed by atoms with Crippen molar-refractivity contribution in [1.82, 2.24) is 4.98 Å². The van der Waals surface area contributed by atoms with E-state index in [1.165, 1.54) is 18.3 Å². The third-order valence-corrected chi connectivity index (χ3v) is 4.00. The molecule has 5 nitrogen and oxygen atoms in total. The lowest BCUT2D eigenvalue weighted by Gasteiger charge is -2.00. The molecule has 0 saturated heterocycles. The lowest BCUT2D eigenvalue weighted by atomic mass is 10.4. The van der Waals surface area contributed by atoms with Gasteiger partial charge in [0, 0.05) is 6.20 Å². The Bertz CT molecular complexity index is 643. The van der Waals surface area contributed by atoms with Crippen molar-refractivity contribution in [3.63, 3.8) is 0 Å². The monoisotopic (exact) mass is 251 g/mol. The number of carboxylic acid groups (broad SMARTS) is 1. The van der Waals surface area contributed by atoms with Crippen molar-refractivity contribution < 1.29 is 18.3 Å². The molecular weight excluding hydrogens is 242 g/mol. The van der Waals surface area contributed by atoms with E-state index in [0.29, 0.717) is 0 Å². The Morgan fingerprint density at radius 2 is 1.76 bits per heavy atom. The van der Waals surface area contributed by atoms with Gasteiger partial charge in [0.25, 0.3) is 0 Å². The fraction of sp³-hybridized carbons (Fsp3) is 0. The van der Waals surface area contributed by atoms with E-state index in [9.17, 15) is 13.2 Å². The molecule has 0 fully saturated rings. The summed E-state index contributed by atoms with van der Waals surface area (Å²) in [6.07, 6.45) is 1.17. The van der Waals surface area contributed by atoms with E-state index in [1.54, 1.807) is 18.2 Å². The van der Waals surface area contributed by atoms with E-state index in [1.807, 2.05) is 0 Å². The number of benzene rings is 1. The molecule has 0 aliphatic carbocycles. The minimum absolute atomic E-state index is 0.0545. The van der Waals surface area contributed by atoms with Crippen molar-refractivity contribution in [3.05, 3.63) is 48.3 Å². The number of aromatic carboxylic acids is 1. The van der Waals surface area contributed by atoms with Crippen molar-refractivity contribution in [1.29, 1.82) is 0 Å². The summed E-state index contributed by atoms with van der Waals surface area (Å²) in [5.74, 6) is -1.19. The Morgan fingerprint density at radius 3 is 2.29 bits per heavy atom. The van der Waals surface area contributed by atoms with Crippen molar-refractivity contribution in [2.75, 3.05) is 0 Å². The normalized spacial score (nSPS) is 11.3. The van der Waals surface area contributed by atoms with Crippen LogP contribution in [0.5, 0.6) is 0 Å². The lowest BCUT2D eigenvalue weighted by molar-refractivity contribution is 0.0691. The van der Waals surface area contributed by atoms with E-state index in [2.05, 4.69) is 4.98 Å². The molecule has 0 aliphatic rings. The SMILES string of the molecule is O=C(O)c1cc(S(=O)(=O)c2ccccc2)c[nH]1. The highest BCUT2D eigenvalue weighted by molar-refractivity contribution is 7.91. The van der Waals surface area contributed by atoms with Crippen LogP contribution in [0, 0.1) is 0 Å². The van der Waals surface area contributed by atoms with Crippen LogP contribution in [-0.2, 0) is 9.84 Å². The molecule has 0 bridgehead atoms. The third kappa shape index (κ3) is 2.07. The van der Waals surface area contributed by atoms with Crippen LogP contribution in [0.1, 0.15) is 10.5 Å². The van der Waals surface area contributed by atoms with E-state index in [0.717, 1.165) is 6.07 Å². The molecule has 17 heavy (non-hydrogen) atoms. The molecule has 2 N–H and O–H groups in total. The second-order valence-electron chi connectivity index (χ2n) is 3.37. The van der Waals surface area contributed by atoms with Crippen molar-refractivity contribution in [3.8, 4) is 0 Å². The van der Waals surface area contributed by atoms with Crippen LogP contribution < -0.4 is 0 Å². The summed E-state index contributed by atoms with van der Waals surface area (Å²) in [6.45, 7) is 0. The van der Waals surface area contributed by atoms with Crippen LogP contribution >= 0.6 is 0 Å². The summed E-state index contributed by atoms with van der Waals surface area (Å²) in [5, 5.41) is 8.71. The second kappa shape index (κ2) is 4.06. The Kier molecular flexibility index (Phi) is 2.72. The number of hydrogen-bond donors (Lipinski definition) is 2. The number of aromatic amines is 1. The van der Waals surface area contributed by atoms with E-state index < -0.39 is 15.8 Å². The molecule has 1 aromatic carbocycles. The highest BCUT2D eigenvalue weighted by Crippen LogP contribution is 2.20. The number of hydrogen-bond acceptors (Lipinski definition) is 3. The average molecular weight is 251 g/mol. The first-order valence-corrected chi connectivity index (χ1v) is 6.22. The van der Waals surface area contributed by atoms with Gasteiger partial charge in [-0.15, -0.1) is 0 Å². The molecule has 0 radical (unpaired) electrons. The first-order chi connectivity index (χ1) is 8.01. The van der Waals surface area contributed by atoms with E-state index in [4.69, 9.17) is 5.11 Å². The zero-order valence-electron chi connectivity index (χ0n) is 8.62. The van der Waals surface area contributed by atoms with Gasteiger partial charge in [-0.1, -0.05) is 18.2 Å². The molecule has 2 rings (SSSR count).